The molecule has 6 heteroatoms. The molecule has 2 aromatic carbocycles. The van der Waals surface area contributed by atoms with Crippen molar-refractivity contribution < 1.29 is 4.39 Å². The number of fused-ring (bicyclic) bond motifs is 1. The van der Waals surface area contributed by atoms with E-state index in [0.29, 0.717) is 0 Å². The van der Waals surface area contributed by atoms with Gasteiger partial charge in [0, 0.05) is 4.47 Å². The predicted octanol–water partition coefficient (Wildman–Crippen LogP) is 4.33. The predicted molar refractivity (Wildman–Crippen MR) is 89.7 cm³/mol. The van der Waals surface area contributed by atoms with Crippen molar-refractivity contribution in [3.63, 3.8) is 0 Å². The molecular weight excluding hydrogens is 359 g/mol. The van der Waals surface area contributed by atoms with Gasteiger partial charge in [-0.05, 0) is 41.8 Å². The van der Waals surface area contributed by atoms with Crippen molar-refractivity contribution in [2.45, 2.75) is 18.5 Å². The van der Waals surface area contributed by atoms with Crippen molar-refractivity contribution in [1.29, 1.82) is 0 Å². The van der Waals surface area contributed by atoms with E-state index in [1.807, 2.05) is 28.9 Å². The van der Waals surface area contributed by atoms with Crippen LogP contribution in [0.4, 0.5) is 10.3 Å². The summed E-state index contributed by atoms with van der Waals surface area (Å²) in [6.45, 7) is 0. The lowest BCUT2D eigenvalue weighted by Gasteiger charge is -2.31. The van der Waals surface area contributed by atoms with Crippen LogP contribution in [-0.2, 0) is 0 Å². The van der Waals surface area contributed by atoms with Crippen LogP contribution in [0.3, 0.4) is 0 Å². The normalized spacial score (nSPS) is 19.9. The van der Waals surface area contributed by atoms with Crippen molar-refractivity contribution in [1.82, 2.24) is 14.8 Å². The molecule has 0 bridgehead atoms. The second-order valence-corrected chi connectivity index (χ2v) is 6.50. The monoisotopic (exact) mass is 372 g/mol. The summed E-state index contributed by atoms with van der Waals surface area (Å²) in [6.07, 6.45) is 2.37. The number of aromatic nitrogens is 3. The van der Waals surface area contributed by atoms with Crippen molar-refractivity contribution in [2.24, 2.45) is 0 Å². The number of nitrogens with zero attached hydrogens (tertiary/aromatic N) is 3. The third-order valence-electron chi connectivity index (χ3n) is 4.14. The third-order valence-corrected chi connectivity index (χ3v) is 4.63. The summed E-state index contributed by atoms with van der Waals surface area (Å²) in [5.74, 6) is 0.506. The first-order valence-electron chi connectivity index (χ1n) is 7.38. The Balaban J connectivity index is 1.73. The Bertz CT molecular complexity index is 831. The fraction of sp³-hybridized carbons (Fsp3) is 0.176. The van der Waals surface area contributed by atoms with Gasteiger partial charge in [0.05, 0.1) is 12.1 Å². The van der Waals surface area contributed by atoms with Crippen LogP contribution in [0.25, 0.3) is 0 Å². The molecule has 116 valence electrons. The smallest absolute Gasteiger partial charge is 0.222 e. The minimum absolute atomic E-state index is 0.0660. The molecule has 1 aromatic heterocycles. The van der Waals surface area contributed by atoms with E-state index in [4.69, 9.17) is 0 Å². The maximum Gasteiger partial charge on any atom is 0.222 e. The number of nitrogens with one attached hydrogen (secondary N) is 1. The molecule has 1 aliphatic rings. The Morgan fingerprint density at radius 1 is 1.13 bits per heavy atom. The lowest BCUT2D eigenvalue weighted by molar-refractivity contribution is 0.430. The zero-order valence-corrected chi connectivity index (χ0v) is 13.7. The molecular formula is C17H14BrFN4. The molecule has 0 radical (unpaired) electrons. The fourth-order valence-corrected chi connectivity index (χ4v) is 3.44. The summed E-state index contributed by atoms with van der Waals surface area (Å²) >= 11 is 3.52. The average molecular weight is 373 g/mol. The molecule has 4 nitrogen and oxygen atoms in total. The number of anilines is 1. The summed E-state index contributed by atoms with van der Waals surface area (Å²) in [5, 5.41) is 7.74. The van der Waals surface area contributed by atoms with Crippen LogP contribution in [0.2, 0.25) is 0 Å². The van der Waals surface area contributed by atoms with Crippen LogP contribution in [0.1, 0.15) is 29.6 Å². The first kappa shape index (κ1) is 14.4. The highest BCUT2D eigenvalue weighted by atomic mass is 79.9. The zero-order chi connectivity index (χ0) is 15.8. The summed E-state index contributed by atoms with van der Waals surface area (Å²) in [5.41, 5.74) is 2.21. The highest BCUT2D eigenvalue weighted by Gasteiger charge is 2.29. The van der Waals surface area contributed by atoms with Crippen molar-refractivity contribution in [3.8, 4) is 0 Å². The Hall–Kier alpha value is -2.21. The Kier molecular flexibility index (Phi) is 3.61. The van der Waals surface area contributed by atoms with Gasteiger partial charge in [-0.1, -0.05) is 40.2 Å². The number of halogens is 2. The quantitative estimate of drug-likeness (QED) is 0.727. The minimum Gasteiger partial charge on any atom is -0.348 e. The topological polar surface area (TPSA) is 42.7 Å². The molecule has 4 rings (SSSR count). The first-order valence-corrected chi connectivity index (χ1v) is 8.17. The largest absolute Gasteiger partial charge is 0.348 e. The molecule has 2 unspecified atom stereocenters. The van der Waals surface area contributed by atoms with E-state index in [2.05, 4.69) is 43.5 Å². The first-order chi connectivity index (χ1) is 11.2. The van der Waals surface area contributed by atoms with Crippen LogP contribution in [0.15, 0.2) is 59.3 Å². The van der Waals surface area contributed by atoms with Crippen LogP contribution in [0, 0.1) is 5.82 Å². The van der Waals surface area contributed by atoms with Gasteiger partial charge in [0.25, 0.3) is 0 Å². The molecule has 0 aliphatic carbocycles. The van der Waals surface area contributed by atoms with Crippen molar-refractivity contribution >= 4 is 21.9 Å². The van der Waals surface area contributed by atoms with Gasteiger partial charge in [0.1, 0.15) is 12.1 Å². The molecule has 1 N–H and O–H groups in total. The van der Waals surface area contributed by atoms with Crippen LogP contribution < -0.4 is 5.32 Å². The van der Waals surface area contributed by atoms with Crippen molar-refractivity contribution in [3.05, 3.63) is 76.3 Å². The van der Waals surface area contributed by atoms with E-state index in [-0.39, 0.29) is 17.9 Å². The highest BCUT2D eigenvalue weighted by molar-refractivity contribution is 9.10. The molecule has 0 spiro atoms. The molecule has 0 fully saturated rings. The van der Waals surface area contributed by atoms with Gasteiger partial charge in [0.2, 0.25) is 5.95 Å². The SMILES string of the molecule is Fc1ccc(C2CC(c3cccc(Br)c3)n3ncnc3N2)cc1. The van der Waals surface area contributed by atoms with Crippen LogP contribution >= 0.6 is 15.9 Å². The number of rotatable bonds is 2. The van der Waals surface area contributed by atoms with E-state index in [0.717, 1.165) is 22.4 Å². The van der Waals surface area contributed by atoms with Crippen LogP contribution in [-0.4, -0.2) is 14.8 Å². The molecule has 0 saturated carbocycles. The fourth-order valence-electron chi connectivity index (χ4n) is 3.02. The maximum absolute atomic E-state index is 13.2. The number of hydrogen-bond donors (Lipinski definition) is 1. The number of hydrogen-bond acceptors (Lipinski definition) is 3. The van der Waals surface area contributed by atoms with Gasteiger partial charge in [-0.2, -0.15) is 10.1 Å². The molecule has 23 heavy (non-hydrogen) atoms. The average Bonchev–Trinajstić information content (AvgIpc) is 3.03. The molecule has 0 amide bonds. The van der Waals surface area contributed by atoms with Crippen molar-refractivity contribution in [2.75, 3.05) is 5.32 Å². The Morgan fingerprint density at radius 2 is 1.96 bits per heavy atom. The lowest BCUT2D eigenvalue weighted by atomic mass is 9.93. The summed E-state index contributed by atoms with van der Waals surface area (Å²) in [7, 11) is 0. The minimum atomic E-state index is -0.226. The lowest BCUT2D eigenvalue weighted by Crippen LogP contribution is -2.28. The summed E-state index contributed by atoms with van der Waals surface area (Å²) in [4.78, 5) is 4.30. The highest BCUT2D eigenvalue weighted by Crippen LogP contribution is 2.37. The van der Waals surface area contributed by atoms with Gasteiger partial charge < -0.3 is 5.32 Å². The third kappa shape index (κ3) is 2.74. The molecule has 2 atom stereocenters. The number of benzene rings is 2. The summed E-state index contributed by atoms with van der Waals surface area (Å²) < 4.78 is 16.1. The Morgan fingerprint density at radius 3 is 2.74 bits per heavy atom. The molecule has 2 heterocycles. The van der Waals surface area contributed by atoms with Crippen LogP contribution in [0.5, 0.6) is 0 Å². The molecule has 0 saturated heterocycles. The second kappa shape index (κ2) is 5.77. The van der Waals surface area contributed by atoms with Gasteiger partial charge in [-0.3, -0.25) is 0 Å². The van der Waals surface area contributed by atoms with Gasteiger partial charge in [-0.25, -0.2) is 9.07 Å². The standard InChI is InChI=1S/C17H14BrFN4/c18-13-3-1-2-12(8-13)16-9-15(11-4-6-14(19)7-5-11)22-17-20-10-21-23(16)17/h1-8,10,15-16H,9H2,(H,20,21,22). The second-order valence-electron chi connectivity index (χ2n) is 5.58. The van der Waals surface area contributed by atoms with E-state index < -0.39 is 0 Å². The maximum atomic E-state index is 13.2. The van der Waals surface area contributed by atoms with Gasteiger partial charge in [0.15, 0.2) is 0 Å². The van der Waals surface area contributed by atoms with E-state index in [1.54, 1.807) is 6.33 Å². The van der Waals surface area contributed by atoms with Gasteiger partial charge in [-0.15, -0.1) is 0 Å². The molecule has 3 aromatic rings. The van der Waals surface area contributed by atoms with E-state index in [1.165, 1.54) is 17.7 Å². The van der Waals surface area contributed by atoms with E-state index >= 15 is 0 Å². The van der Waals surface area contributed by atoms with E-state index in [9.17, 15) is 4.39 Å². The van der Waals surface area contributed by atoms with Gasteiger partial charge >= 0.3 is 0 Å². The molecule has 1 aliphatic heterocycles. The summed E-state index contributed by atoms with van der Waals surface area (Å²) in [6, 6.07) is 15.0. The zero-order valence-electron chi connectivity index (χ0n) is 12.2. The Labute approximate surface area is 141 Å².